The summed E-state index contributed by atoms with van der Waals surface area (Å²) in [6.45, 7) is 4.03. The van der Waals surface area contributed by atoms with Crippen LogP contribution in [0.4, 0.5) is 4.79 Å². The van der Waals surface area contributed by atoms with Gasteiger partial charge in [-0.2, -0.15) is 0 Å². The summed E-state index contributed by atoms with van der Waals surface area (Å²) < 4.78 is 0. The van der Waals surface area contributed by atoms with Gasteiger partial charge in [-0.1, -0.05) is 26.7 Å². The largest absolute Gasteiger partial charge is 0.331 e. The number of hydrogen-bond donors (Lipinski definition) is 1. The third-order valence-electron chi connectivity index (χ3n) is 2.65. The molecule has 0 aliphatic carbocycles. The minimum absolute atomic E-state index is 0.0735. The zero-order valence-electron chi connectivity index (χ0n) is 9.78. The molecular formula is C11H18N2O3. The molecule has 0 aromatic rings. The highest BCUT2D eigenvalue weighted by atomic mass is 16.2. The third-order valence-corrected chi connectivity index (χ3v) is 2.65. The van der Waals surface area contributed by atoms with Gasteiger partial charge < -0.3 is 0 Å². The minimum atomic E-state index is -0.562. The molecule has 1 N–H and O–H groups in total. The SMILES string of the molecule is CCCC(CCC)N1C(=O)CC(=O)NC1=O. The molecule has 0 aromatic heterocycles. The van der Waals surface area contributed by atoms with Crippen molar-refractivity contribution >= 4 is 17.8 Å². The standard InChI is InChI=1S/C11H18N2O3/c1-3-5-8(6-4-2)13-10(15)7-9(14)12-11(13)16/h8H,3-7H2,1-2H3,(H,12,14,16). The van der Waals surface area contributed by atoms with Crippen molar-refractivity contribution in [3.8, 4) is 0 Å². The maximum absolute atomic E-state index is 11.7. The first-order valence-electron chi connectivity index (χ1n) is 5.76. The molecule has 0 radical (unpaired) electrons. The molecule has 0 saturated carbocycles. The van der Waals surface area contributed by atoms with Gasteiger partial charge in [0.25, 0.3) is 0 Å². The number of carbonyl (C=O) groups excluding carboxylic acids is 3. The van der Waals surface area contributed by atoms with E-state index in [1.165, 1.54) is 4.90 Å². The molecule has 16 heavy (non-hydrogen) atoms. The topological polar surface area (TPSA) is 66.5 Å². The third kappa shape index (κ3) is 2.81. The maximum atomic E-state index is 11.7. The highest BCUT2D eigenvalue weighted by molar-refractivity contribution is 6.14. The Morgan fingerprint density at radius 1 is 1.19 bits per heavy atom. The van der Waals surface area contributed by atoms with Gasteiger partial charge >= 0.3 is 6.03 Å². The Kier molecular flexibility index (Phi) is 4.46. The van der Waals surface area contributed by atoms with E-state index < -0.39 is 11.9 Å². The van der Waals surface area contributed by atoms with E-state index in [1.54, 1.807) is 0 Å². The Morgan fingerprint density at radius 3 is 2.19 bits per heavy atom. The predicted molar refractivity (Wildman–Crippen MR) is 58.6 cm³/mol. The van der Waals surface area contributed by atoms with E-state index in [4.69, 9.17) is 0 Å². The van der Waals surface area contributed by atoms with Crippen molar-refractivity contribution in [1.29, 1.82) is 0 Å². The molecule has 5 heteroatoms. The highest BCUT2D eigenvalue weighted by Gasteiger charge is 2.35. The number of urea groups is 1. The number of nitrogens with one attached hydrogen (secondary N) is 1. The normalized spacial score (nSPS) is 16.9. The average Bonchev–Trinajstić information content (AvgIpc) is 2.16. The lowest BCUT2D eigenvalue weighted by Crippen LogP contribution is -2.56. The molecule has 0 atom stereocenters. The first kappa shape index (κ1) is 12.7. The molecule has 1 rings (SSSR count). The fourth-order valence-corrected chi connectivity index (χ4v) is 2.00. The van der Waals surface area contributed by atoms with E-state index in [9.17, 15) is 14.4 Å². The van der Waals surface area contributed by atoms with Gasteiger partial charge in [-0.05, 0) is 12.8 Å². The van der Waals surface area contributed by atoms with E-state index in [1.807, 2.05) is 13.8 Å². The summed E-state index contributed by atoms with van der Waals surface area (Å²) in [6, 6.07) is -0.635. The Labute approximate surface area is 95.2 Å². The summed E-state index contributed by atoms with van der Waals surface area (Å²) >= 11 is 0. The average molecular weight is 226 g/mol. The van der Waals surface area contributed by atoms with Crippen molar-refractivity contribution in [2.75, 3.05) is 0 Å². The van der Waals surface area contributed by atoms with Crippen LogP contribution in [0.5, 0.6) is 0 Å². The summed E-state index contributed by atoms with van der Waals surface area (Å²) in [5, 5.41) is 2.18. The number of imide groups is 2. The molecule has 1 aliphatic rings. The molecule has 0 bridgehead atoms. The van der Waals surface area contributed by atoms with Crippen molar-refractivity contribution in [2.24, 2.45) is 0 Å². The zero-order chi connectivity index (χ0) is 12.1. The minimum Gasteiger partial charge on any atom is -0.277 e. The number of rotatable bonds is 5. The van der Waals surface area contributed by atoms with Gasteiger partial charge in [0.15, 0.2) is 0 Å². The van der Waals surface area contributed by atoms with Gasteiger partial charge in [0, 0.05) is 6.04 Å². The van der Waals surface area contributed by atoms with E-state index in [0.717, 1.165) is 25.7 Å². The van der Waals surface area contributed by atoms with Crippen LogP contribution in [0.1, 0.15) is 46.0 Å². The Hall–Kier alpha value is -1.39. The van der Waals surface area contributed by atoms with Gasteiger partial charge in [-0.15, -0.1) is 0 Å². The molecule has 0 spiro atoms. The lowest BCUT2D eigenvalue weighted by atomic mass is 10.0. The fourth-order valence-electron chi connectivity index (χ4n) is 2.00. The second-order valence-corrected chi connectivity index (χ2v) is 4.03. The molecule has 1 aliphatic heterocycles. The van der Waals surface area contributed by atoms with Crippen LogP contribution in [0.15, 0.2) is 0 Å². The van der Waals surface area contributed by atoms with E-state index in [0.29, 0.717) is 0 Å². The first-order chi connectivity index (χ1) is 7.60. The Bertz CT molecular complexity index is 276. The van der Waals surface area contributed by atoms with Crippen LogP contribution in [-0.4, -0.2) is 28.8 Å². The monoisotopic (exact) mass is 226 g/mol. The van der Waals surface area contributed by atoms with Crippen LogP contribution in [0, 0.1) is 0 Å². The molecule has 1 fully saturated rings. The highest BCUT2D eigenvalue weighted by Crippen LogP contribution is 2.17. The maximum Gasteiger partial charge on any atom is 0.331 e. The van der Waals surface area contributed by atoms with Crippen LogP contribution in [0.3, 0.4) is 0 Å². The van der Waals surface area contributed by atoms with Crippen LogP contribution in [0.25, 0.3) is 0 Å². The number of hydrogen-bond acceptors (Lipinski definition) is 3. The van der Waals surface area contributed by atoms with Gasteiger partial charge in [0.2, 0.25) is 11.8 Å². The second-order valence-electron chi connectivity index (χ2n) is 4.03. The lowest BCUT2D eigenvalue weighted by Gasteiger charge is -2.32. The van der Waals surface area contributed by atoms with Crippen LogP contribution in [0.2, 0.25) is 0 Å². The quantitative estimate of drug-likeness (QED) is 0.721. The van der Waals surface area contributed by atoms with Crippen molar-refractivity contribution in [3.05, 3.63) is 0 Å². The van der Waals surface area contributed by atoms with Gasteiger partial charge in [0.1, 0.15) is 6.42 Å². The number of nitrogens with zero attached hydrogens (tertiary/aromatic N) is 1. The lowest BCUT2D eigenvalue weighted by molar-refractivity contribution is -0.137. The molecule has 5 nitrogen and oxygen atoms in total. The zero-order valence-corrected chi connectivity index (χ0v) is 9.78. The Morgan fingerprint density at radius 2 is 1.75 bits per heavy atom. The molecule has 90 valence electrons. The predicted octanol–water partition coefficient (Wildman–Crippen LogP) is 1.42. The summed E-state index contributed by atoms with van der Waals surface area (Å²) in [5.41, 5.74) is 0. The molecule has 0 unspecified atom stereocenters. The van der Waals surface area contributed by atoms with Crippen molar-refractivity contribution in [3.63, 3.8) is 0 Å². The van der Waals surface area contributed by atoms with Gasteiger partial charge in [-0.25, -0.2) is 4.79 Å². The molecule has 4 amide bonds. The van der Waals surface area contributed by atoms with Crippen molar-refractivity contribution < 1.29 is 14.4 Å². The van der Waals surface area contributed by atoms with E-state index >= 15 is 0 Å². The van der Waals surface area contributed by atoms with Crippen molar-refractivity contribution in [1.82, 2.24) is 10.2 Å². The van der Waals surface area contributed by atoms with Crippen LogP contribution >= 0.6 is 0 Å². The van der Waals surface area contributed by atoms with Crippen LogP contribution in [-0.2, 0) is 9.59 Å². The smallest absolute Gasteiger partial charge is 0.277 e. The fraction of sp³-hybridized carbons (Fsp3) is 0.727. The first-order valence-corrected chi connectivity index (χ1v) is 5.76. The summed E-state index contributed by atoms with van der Waals surface area (Å²) in [5.74, 6) is -0.876. The second kappa shape index (κ2) is 5.63. The summed E-state index contributed by atoms with van der Waals surface area (Å²) in [6.07, 6.45) is 3.20. The van der Waals surface area contributed by atoms with Gasteiger partial charge in [0.05, 0.1) is 0 Å². The van der Waals surface area contributed by atoms with Crippen LogP contribution < -0.4 is 5.32 Å². The molecule has 1 heterocycles. The molecular weight excluding hydrogens is 208 g/mol. The number of amides is 4. The van der Waals surface area contributed by atoms with E-state index in [-0.39, 0.29) is 18.4 Å². The Balaban J connectivity index is 2.77. The molecule has 0 aromatic carbocycles. The molecule has 1 saturated heterocycles. The summed E-state index contributed by atoms with van der Waals surface area (Å²) in [7, 11) is 0. The van der Waals surface area contributed by atoms with Crippen molar-refractivity contribution in [2.45, 2.75) is 52.0 Å². The summed E-state index contributed by atoms with van der Waals surface area (Å²) in [4.78, 5) is 35.4. The van der Waals surface area contributed by atoms with E-state index in [2.05, 4.69) is 5.32 Å². The number of carbonyl (C=O) groups is 3. The van der Waals surface area contributed by atoms with Gasteiger partial charge in [-0.3, -0.25) is 19.8 Å². The number of barbiturate groups is 1.